The number of methoxy groups -OCH3 is 1. The van der Waals surface area contributed by atoms with E-state index in [1.165, 1.54) is 7.11 Å². The summed E-state index contributed by atoms with van der Waals surface area (Å²) in [5.74, 6) is -0.936. The van der Waals surface area contributed by atoms with Crippen molar-refractivity contribution in [2.24, 2.45) is 17.8 Å². The highest BCUT2D eigenvalue weighted by atomic mass is 16.8. The molecule has 0 aromatic carbocycles. The predicted octanol–water partition coefficient (Wildman–Crippen LogP) is 0.938. The van der Waals surface area contributed by atoms with Crippen LogP contribution in [0.15, 0.2) is 0 Å². The topological polar surface area (TPSA) is 63.2 Å². The van der Waals surface area contributed by atoms with Crippen LogP contribution < -0.4 is 0 Å². The third-order valence-corrected chi connectivity index (χ3v) is 4.62. The first kappa shape index (κ1) is 14.3. The van der Waals surface area contributed by atoms with Gasteiger partial charge in [-0.1, -0.05) is 6.92 Å². The number of ether oxygens (including phenoxy) is 5. The molecule has 3 atom stereocenters. The highest BCUT2D eigenvalue weighted by Gasteiger charge is 2.56. The first-order valence-corrected chi connectivity index (χ1v) is 7.25. The van der Waals surface area contributed by atoms with E-state index in [0.29, 0.717) is 39.3 Å². The van der Waals surface area contributed by atoms with Crippen molar-refractivity contribution >= 4 is 5.97 Å². The van der Waals surface area contributed by atoms with Crippen LogP contribution in [-0.2, 0) is 28.5 Å². The summed E-state index contributed by atoms with van der Waals surface area (Å²) in [5, 5.41) is 0. The zero-order chi connectivity index (χ0) is 14.2. The van der Waals surface area contributed by atoms with E-state index in [2.05, 4.69) is 0 Å². The third kappa shape index (κ3) is 2.35. The van der Waals surface area contributed by atoms with E-state index in [-0.39, 0.29) is 30.0 Å². The lowest BCUT2D eigenvalue weighted by molar-refractivity contribution is -0.274. The molecule has 0 aromatic rings. The Morgan fingerprint density at radius 3 is 2.40 bits per heavy atom. The maximum atomic E-state index is 12.0. The van der Waals surface area contributed by atoms with Crippen LogP contribution in [-0.4, -0.2) is 51.6 Å². The van der Waals surface area contributed by atoms with E-state index in [4.69, 9.17) is 23.7 Å². The molecule has 2 saturated heterocycles. The van der Waals surface area contributed by atoms with Crippen molar-refractivity contribution in [2.75, 3.05) is 33.5 Å². The highest BCUT2D eigenvalue weighted by molar-refractivity contribution is 5.72. The van der Waals surface area contributed by atoms with E-state index in [1.54, 1.807) is 0 Å². The van der Waals surface area contributed by atoms with Crippen LogP contribution >= 0.6 is 0 Å². The molecule has 0 radical (unpaired) electrons. The van der Waals surface area contributed by atoms with Crippen molar-refractivity contribution in [1.29, 1.82) is 0 Å². The first-order valence-electron chi connectivity index (χ1n) is 7.25. The zero-order valence-corrected chi connectivity index (χ0v) is 12.0. The molecule has 0 unspecified atom stereocenters. The van der Waals surface area contributed by atoms with Gasteiger partial charge in [0.05, 0.1) is 45.4 Å². The first-order chi connectivity index (χ1) is 9.66. The smallest absolute Gasteiger partial charge is 0.308 e. The van der Waals surface area contributed by atoms with Crippen LogP contribution in [0, 0.1) is 17.8 Å². The average molecular weight is 286 g/mol. The van der Waals surface area contributed by atoms with Crippen molar-refractivity contribution in [2.45, 2.75) is 31.8 Å². The second kappa shape index (κ2) is 5.60. The molecule has 0 aromatic heterocycles. The Morgan fingerprint density at radius 1 is 1.15 bits per heavy atom. The van der Waals surface area contributed by atoms with Crippen molar-refractivity contribution in [3.63, 3.8) is 0 Å². The Morgan fingerprint density at radius 2 is 1.80 bits per heavy atom. The molecule has 0 amide bonds. The molecule has 1 spiro atoms. The number of rotatable bonds is 2. The van der Waals surface area contributed by atoms with E-state index >= 15 is 0 Å². The summed E-state index contributed by atoms with van der Waals surface area (Å²) in [4.78, 5) is 12.0. The molecule has 0 N–H and O–H groups in total. The minimum absolute atomic E-state index is 0.0900. The molecule has 3 fully saturated rings. The summed E-state index contributed by atoms with van der Waals surface area (Å²) in [6.45, 7) is 4.37. The molecule has 6 heteroatoms. The standard InChI is InChI=1S/C14H22O6/c1-9-8-14(19-5-6-20-14)11(13-17-3-4-18-13)7-10(9)12(15)16-2/h9-11,13H,3-8H2,1-2H3/t9-,10+,11+/m1/s1. The largest absolute Gasteiger partial charge is 0.469 e. The molecule has 2 heterocycles. The molecule has 3 aliphatic rings. The molecule has 20 heavy (non-hydrogen) atoms. The maximum Gasteiger partial charge on any atom is 0.308 e. The second-order valence-electron chi connectivity index (χ2n) is 5.77. The molecular formula is C14H22O6. The number of carbonyl (C=O) groups is 1. The van der Waals surface area contributed by atoms with Gasteiger partial charge in [-0.3, -0.25) is 4.79 Å². The summed E-state index contributed by atoms with van der Waals surface area (Å²) in [6.07, 6.45) is 0.923. The van der Waals surface area contributed by atoms with Gasteiger partial charge in [0.2, 0.25) is 0 Å². The van der Waals surface area contributed by atoms with Gasteiger partial charge >= 0.3 is 5.97 Å². The molecule has 2 aliphatic heterocycles. The highest BCUT2D eigenvalue weighted by Crippen LogP contribution is 2.48. The zero-order valence-electron chi connectivity index (χ0n) is 12.0. The lowest BCUT2D eigenvalue weighted by Crippen LogP contribution is -2.53. The SMILES string of the molecule is COC(=O)[C@H]1C[C@@H](C2OCCO2)C2(C[C@H]1C)OCCO2. The molecule has 6 nitrogen and oxygen atoms in total. The molecule has 1 saturated carbocycles. The average Bonchev–Trinajstić information content (AvgIpc) is 3.10. The Labute approximate surface area is 118 Å². The van der Waals surface area contributed by atoms with Gasteiger partial charge in [0, 0.05) is 6.42 Å². The fraction of sp³-hybridized carbons (Fsp3) is 0.929. The number of hydrogen-bond donors (Lipinski definition) is 0. The lowest BCUT2D eigenvalue weighted by Gasteiger charge is -2.45. The fourth-order valence-corrected chi connectivity index (χ4v) is 3.64. The van der Waals surface area contributed by atoms with Crippen LogP contribution in [0.4, 0.5) is 0 Å². The Kier molecular flexibility index (Phi) is 3.99. The molecular weight excluding hydrogens is 264 g/mol. The Hall–Kier alpha value is -0.690. The lowest BCUT2D eigenvalue weighted by atomic mass is 9.70. The maximum absolute atomic E-state index is 12.0. The van der Waals surface area contributed by atoms with Crippen molar-refractivity contribution in [3.05, 3.63) is 0 Å². The summed E-state index contributed by atoms with van der Waals surface area (Å²) >= 11 is 0. The number of carbonyl (C=O) groups excluding carboxylic acids is 1. The van der Waals surface area contributed by atoms with Crippen LogP contribution in [0.1, 0.15) is 19.8 Å². The molecule has 114 valence electrons. The van der Waals surface area contributed by atoms with Crippen LogP contribution in [0.25, 0.3) is 0 Å². The van der Waals surface area contributed by atoms with E-state index in [0.717, 1.165) is 0 Å². The van der Waals surface area contributed by atoms with Gasteiger partial charge in [-0.05, 0) is 12.3 Å². The minimum Gasteiger partial charge on any atom is -0.469 e. The van der Waals surface area contributed by atoms with Crippen molar-refractivity contribution in [1.82, 2.24) is 0 Å². The Bertz CT molecular complexity index is 359. The van der Waals surface area contributed by atoms with Crippen molar-refractivity contribution in [3.8, 4) is 0 Å². The third-order valence-electron chi connectivity index (χ3n) is 4.62. The number of esters is 1. The van der Waals surface area contributed by atoms with Gasteiger partial charge in [-0.15, -0.1) is 0 Å². The molecule has 0 bridgehead atoms. The monoisotopic (exact) mass is 286 g/mol. The molecule has 1 aliphatic carbocycles. The summed E-state index contributed by atoms with van der Waals surface area (Å²) in [5.41, 5.74) is 0. The summed E-state index contributed by atoms with van der Waals surface area (Å²) in [6, 6.07) is 0. The van der Waals surface area contributed by atoms with Crippen LogP contribution in [0.5, 0.6) is 0 Å². The van der Waals surface area contributed by atoms with Crippen LogP contribution in [0.3, 0.4) is 0 Å². The Balaban J connectivity index is 1.82. The van der Waals surface area contributed by atoms with Crippen molar-refractivity contribution < 1.29 is 28.5 Å². The summed E-state index contributed by atoms with van der Waals surface area (Å²) in [7, 11) is 1.43. The van der Waals surface area contributed by atoms with E-state index in [9.17, 15) is 4.79 Å². The quantitative estimate of drug-likeness (QED) is 0.704. The molecule has 3 rings (SSSR count). The van der Waals surface area contributed by atoms with Gasteiger partial charge in [0.15, 0.2) is 12.1 Å². The summed E-state index contributed by atoms with van der Waals surface area (Å²) < 4.78 is 28.0. The van der Waals surface area contributed by atoms with Gasteiger partial charge in [0.25, 0.3) is 0 Å². The van der Waals surface area contributed by atoms with E-state index < -0.39 is 5.79 Å². The van der Waals surface area contributed by atoms with Gasteiger partial charge in [-0.2, -0.15) is 0 Å². The number of hydrogen-bond acceptors (Lipinski definition) is 6. The van der Waals surface area contributed by atoms with Gasteiger partial charge in [0.1, 0.15) is 0 Å². The predicted molar refractivity (Wildman–Crippen MR) is 67.7 cm³/mol. The van der Waals surface area contributed by atoms with Gasteiger partial charge < -0.3 is 23.7 Å². The van der Waals surface area contributed by atoms with Crippen LogP contribution in [0.2, 0.25) is 0 Å². The fourth-order valence-electron chi connectivity index (χ4n) is 3.64. The minimum atomic E-state index is -0.668. The second-order valence-corrected chi connectivity index (χ2v) is 5.77. The normalized spacial score (nSPS) is 37.4. The van der Waals surface area contributed by atoms with Gasteiger partial charge in [-0.25, -0.2) is 0 Å². The van der Waals surface area contributed by atoms with E-state index in [1.807, 2.05) is 6.92 Å².